The van der Waals surface area contributed by atoms with Crippen molar-refractivity contribution in [3.05, 3.63) is 24.3 Å². The highest BCUT2D eigenvalue weighted by molar-refractivity contribution is 5.76. The number of aromatic nitrogens is 3. The normalized spacial score (nSPS) is 22.8. The summed E-state index contributed by atoms with van der Waals surface area (Å²) in [6, 6.07) is 2.21. The molecule has 0 aliphatic heterocycles. The molecule has 3 rings (SSSR count). The number of fused-ring (bicyclic) bond motifs is 1. The molecular weight excluding hydrogens is 254 g/mol. The first-order valence-corrected chi connectivity index (χ1v) is 7.14. The lowest BCUT2D eigenvalue weighted by Crippen LogP contribution is -2.20. The van der Waals surface area contributed by atoms with Crippen molar-refractivity contribution in [2.75, 3.05) is 0 Å². The quantitative estimate of drug-likeness (QED) is 0.933. The number of hydrogen-bond donors (Lipinski definition) is 1. The molecule has 5 heteroatoms. The van der Waals surface area contributed by atoms with Gasteiger partial charge in [0.15, 0.2) is 0 Å². The van der Waals surface area contributed by atoms with E-state index in [2.05, 4.69) is 28.4 Å². The zero-order chi connectivity index (χ0) is 14.3. The molecule has 2 heterocycles. The van der Waals surface area contributed by atoms with E-state index in [0.717, 1.165) is 36.1 Å². The molecule has 106 valence electrons. The highest BCUT2D eigenvalue weighted by Crippen LogP contribution is 2.41. The molecule has 1 aliphatic carbocycles. The third-order valence-corrected chi connectivity index (χ3v) is 4.20. The number of carboxylic acids is 1. The number of imidazole rings is 1. The van der Waals surface area contributed by atoms with E-state index in [1.165, 1.54) is 0 Å². The number of nitrogens with zero attached hydrogens (tertiary/aromatic N) is 3. The van der Waals surface area contributed by atoms with Gasteiger partial charge in [0.2, 0.25) is 0 Å². The summed E-state index contributed by atoms with van der Waals surface area (Å²) in [4.78, 5) is 20.2. The van der Waals surface area contributed by atoms with E-state index in [1.807, 2.05) is 6.07 Å². The molecule has 5 nitrogen and oxygen atoms in total. The molecule has 1 N–H and O–H groups in total. The molecule has 0 aromatic carbocycles. The van der Waals surface area contributed by atoms with E-state index in [4.69, 9.17) is 0 Å². The number of pyridine rings is 1. The maximum atomic E-state index is 11.4. The monoisotopic (exact) mass is 273 g/mol. The maximum absolute atomic E-state index is 11.4. The van der Waals surface area contributed by atoms with Gasteiger partial charge in [0.1, 0.15) is 11.3 Å². The Labute approximate surface area is 117 Å². The minimum Gasteiger partial charge on any atom is -0.481 e. The van der Waals surface area contributed by atoms with Crippen molar-refractivity contribution >= 4 is 17.0 Å². The van der Waals surface area contributed by atoms with Crippen LogP contribution in [0.5, 0.6) is 0 Å². The summed E-state index contributed by atoms with van der Waals surface area (Å²) in [5, 5.41) is 9.40. The van der Waals surface area contributed by atoms with E-state index in [1.54, 1.807) is 12.4 Å². The lowest BCUT2D eigenvalue weighted by atomic mass is 9.95. The van der Waals surface area contributed by atoms with Crippen LogP contribution in [-0.2, 0) is 4.79 Å². The Kier molecular flexibility index (Phi) is 3.20. The molecule has 2 aromatic heterocycles. The minimum absolute atomic E-state index is 0.0160. The zero-order valence-corrected chi connectivity index (χ0v) is 11.8. The molecule has 1 aliphatic rings. The van der Waals surface area contributed by atoms with Crippen LogP contribution in [-0.4, -0.2) is 25.6 Å². The SMILES string of the molecule is CC(C)n1c(C2CCCC2C(=O)O)nc2cnccc21. The van der Waals surface area contributed by atoms with Crippen molar-refractivity contribution in [1.29, 1.82) is 0 Å². The van der Waals surface area contributed by atoms with Crippen LogP contribution in [0.15, 0.2) is 18.5 Å². The highest BCUT2D eigenvalue weighted by Gasteiger charge is 2.37. The van der Waals surface area contributed by atoms with Gasteiger partial charge >= 0.3 is 5.97 Å². The summed E-state index contributed by atoms with van der Waals surface area (Å²) in [6.07, 6.45) is 6.12. The van der Waals surface area contributed by atoms with Gasteiger partial charge < -0.3 is 9.67 Å². The van der Waals surface area contributed by atoms with Gasteiger partial charge in [-0.2, -0.15) is 0 Å². The molecule has 2 aromatic rings. The van der Waals surface area contributed by atoms with Crippen molar-refractivity contribution in [3.8, 4) is 0 Å². The average Bonchev–Trinajstić information content (AvgIpc) is 3.02. The smallest absolute Gasteiger partial charge is 0.307 e. The van der Waals surface area contributed by atoms with Gasteiger partial charge in [0.05, 0.1) is 17.6 Å². The van der Waals surface area contributed by atoms with E-state index >= 15 is 0 Å². The predicted molar refractivity (Wildman–Crippen MR) is 75.6 cm³/mol. The summed E-state index contributed by atoms with van der Waals surface area (Å²) < 4.78 is 2.17. The van der Waals surface area contributed by atoms with Gasteiger partial charge in [-0.1, -0.05) is 6.42 Å². The molecule has 0 spiro atoms. The van der Waals surface area contributed by atoms with Crippen molar-refractivity contribution in [2.45, 2.75) is 45.1 Å². The van der Waals surface area contributed by atoms with Crippen LogP contribution < -0.4 is 0 Å². The molecule has 20 heavy (non-hydrogen) atoms. The Morgan fingerprint density at radius 3 is 2.95 bits per heavy atom. The fraction of sp³-hybridized carbons (Fsp3) is 0.533. The number of rotatable bonds is 3. The predicted octanol–water partition coefficient (Wildman–Crippen LogP) is 2.98. The molecule has 0 saturated heterocycles. The van der Waals surface area contributed by atoms with E-state index in [-0.39, 0.29) is 17.9 Å². The lowest BCUT2D eigenvalue weighted by molar-refractivity contribution is -0.142. The summed E-state index contributed by atoms with van der Waals surface area (Å²) in [5.74, 6) is -0.0829. The first kappa shape index (κ1) is 13.1. The van der Waals surface area contributed by atoms with Gasteiger partial charge in [-0.25, -0.2) is 4.98 Å². The van der Waals surface area contributed by atoms with Crippen LogP contribution >= 0.6 is 0 Å². The van der Waals surface area contributed by atoms with Crippen molar-refractivity contribution in [3.63, 3.8) is 0 Å². The minimum atomic E-state index is -0.701. The van der Waals surface area contributed by atoms with Crippen LogP contribution in [0, 0.1) is 5.92 Å². The molecule has 1 fully saturated rings. The summed E-state index contributed by atoms with van der Waals surface area (Å²) in [5.41, 5.74) is 1.90. The lowest BCUT2D eigenvalue weighted by Gasteiger charge is -2.20. The van der Waals surface area contributed by atoms with Gasteiger partial charge in [0.25, 0.3) is 0 Å². The van der Waals surface area contributed by atoms with Crippen molar-refractivity contribution in [2.24, 2.45) is 5.92 Å². The number of carboxylic acid groups (broad SMARTS) is 1. The third-order valence-electron chi connectivity index (χ3n) is 4.20. The van der Waals surface area contributed by atoms with Gasteiger partial charge in [-0.15, -0.1) is 0 Å². The molecule has 0 radical (unpaired) electrons. The van der Waals surface area contributed by atoms with Crippen LogP contribution in [0.4, 0.5) is 0 Å². The Balaban J connectivity index is 2.15. The van der Waals surface area contributed by atoms with E-state index < -0.39 is 5.97 Å². The summed E-state index contributed by atoms with van der Waals surface area (Å²) >= 11 is 0. The Hall–Kier alpha value is -1.91. The Morgan fingerprint density at radius 1 is 1.45 bits per heavy atom. The topological polar surface area (TPSA) is 68.0 Å². The first-order chi connectivity index (χ1) is 9.59. The highest BCUT2D eigenvalue weighted by atomic mass is 16.4. The second-order valence-electron chi connectivity index (χ2n) is 5.78. The molecule has 2 unspecified atom stereocenters. The van der Waals surface area contributed by atoms with Crippen LogP contribution in [0.2, 0.25) is 0 Å². The standard InChI is InChI=1S/C15H19N3O2/c1-9(2)18-13-6-7-16-8-12(13)17-14(18)10-4-3-5-11(10)15(19)20/h6-11H,3-5H2,1-2H3,(H,19,20). The second-order valence-corrected chi connectivity index (χ2v) is 5.78. The fourth-order valence-corrected chi connectivity index (χ4v) is 3.34. The van der Waals surface area contributed by atoms with Gasteiger partial charge in [-0.3, -0.25) is 9.78 Å². The van der Waals surface area contributed by atoms with E-state index in [9.17, 15) is 9.90 Å². The Bertz CT molecular complexity index is 648. The molecular formula is C15H19N3O2. The largest absolute Gasteiger partial charge is 0.481 e. The van der Waals surface area contributed by atoms with Crippen molar-refractivity contribution < 1.29 is 9.90 Å². The van der Waals surface area contributed by atoms with Gasteiger partial charge in [-0.05, 0) is 32.8 Å². The molecule has 1 saturated carbocycles. The second kappa shape index (κ2) is 4.89. The van der Waals surface area contributed by atoms with Crippen LogP contribution in [0.25, 0.3) is 11.0 Å². The molecule has 0 amide bonds. The van der Waals surface area contributed by atoms with Gasteiger partial charge in [0, 0.05) is 18.2 Å². The van der Waals surface area contributed by atoms with Crippen molar-refractivity contribution in [1.82, 2.24) is 14.5 Å². The zero-order valence-electron chi connectivity index (χ0n) is 11.8. The summed E-state index contributed by atoms with van der Waals surface area (Å²) in [7, 11) is 0. The average molecular weight is 273 g/mol. The molecule has 0 bridgehead atoms. The maximum Gasteiger partial charge on any atom is 0.307 e. The summed E-state index contributed by atoms with van der Waals surface area (Å²) in [6.45, 7) is 4.21. The number of carbonyl (C=O) groups is 1. The fourth-order valence-electron chi connectivity index (χ4n) is 3.34. The number of aliphatic carboxylic acids is 1. The van der Waals surface area contributed by atoms with Crippen LogP contribution in [0.3, 0.4) is 0 Å². The number of hydrogen-bond acceptors (Lipinski definition) is 3. The first-order valence-electron chi connectivity index (χ1n) is 7.14. The van der Waals surface area contributed by atoms with Crippen LogP contribution in [0.1, 0.15) is 50.9 Å². The van der Waals surface area contributed by atoms with E-state index in [0.29, 0.717) is 0 Å². The molecule has 2 atom stereocenters. The third kappa shape index (κ3) is 1.97. The Morgan fingerprint density at radius 2 is 2.25 bits per heavy atom.